The molecule has 4 N–H and O–H groups in total. The van der Waals surface area contributed by atoms with Crippen molar-refractivity contribution >= 4 is 11.6 Å². The highest BCUT2D eigenvalue weighted by molar-refractivity contribution is 5.91. The molecule has 0 atom stereocenters. The monoisotopic (exact) mass is 205 g/mol. The molecule has 0 aliphatic carbocycles. The van der Waals surface area contributed by atoms with Crippen molar-refractivity contribution < 1.29 is 18.0 Å². The zero-order valence-corrected chi connectivity index (χ0v) is 6.80. The molecule has 0 unspecified atom stereocenters. The molecule has 0 saturated heterocycles. The van der Waals surface area contributed by atoms with Crippen LogP contribution >= 0.6 is 0 Å². The van der Waals surface area contributed by atoms with Gasteiger partial charge >= 0.3 is 0 Å². The summed E-state index contributed by atoms with van der Waals surface area (Å²) < 4.78 is 37.2. The van der Waals surface area contributed by atoms with E-state index in [9.17, 15) is 18.0 Å². The molecule has 1 amide bonds. The molecule has 4 nitrogen and oxygen atoms in total. The summed E-state index contributed by atoms with van der Waals surface area (Å²) in [6.07, 6.45) is -3.14. The summed E-state index contributed by atoms with van der Waals surface area (Å²) in [6.45, 7) is 0. The number of carbonyl (C=O) groups is 1. The SMILES string of the molecule is NC(=O)c1cc(N)c(F)c(C(F)F)n1. The smallest absolute Gasteiger partial charge is 0.283 e. The number of carbonyl (C=O) groups excluding carboxylic acids is 1. The Kier molecular flexibility index (Phi) is 2.59. The minimum atomic E-state index is -3.14. The van der Waals surface area contributed by atoms with Crippen LogP contribution in [0.4, 0.5) is 18.9 Å². The first-order chi connectivity index (χ1) is 6.43. The van der Waals surface area contributed by atoms with E-state index in [4.69, 9.17) is 11.5 Å². The molecular weight excluding hydrogens is 199 g/mol. The van der Waals surface area contributed by atoms with E-state index in [-0.39, 0.29) is 0 Å². The molecule has 1 rings (SSSR count). The van der Waals surface area contributed by atoms with Gasteiger partial charge in [0.1, 0.15) is 11.4 Å². The van der Waals surface area contributed by atoms with Gasteiger partial charge in [0, 0.05) is 0 Å². The molecule has 0 aromatic carbocycles. The second-order valence-corrected chi connectivity index (χ2v) is 2.46. The van der Waals surface area contributed by atoms with Crippen molar-refractivity contribution in [1.29, 1.82) is 0 Å². The largest absolute Gasteiger partial charge is 0.396 e. The molecule has 1 aromatic heterocycles. The number of hydrogen-bond acceptors (Lipinski definition) is 3. The number of primary amides is 1. The van der Waals surface area contributed by atoms with Crippen LogP contribution in [0.15, 0.2) is 6.07 Å². The summed E-state index contributed by atoms with van der Waals surface area (Å²) in [5, 5.41) is 0. The number of nitrogens with two attached hydrogens (primary N) is 2. The molecule has 0 aliphatic rings. The van der Waals surface area contributed by atoms with Crippen molar-refractivity contribution in [2.75, 3.05) is 5.73 Å². The van der Waals surface area contributed by atoms with Crippen molar-refractivity contribution in [3.63, 3.8) is 0 Å². The highest BCUT2D eigenvalue weighted by Crippen LogP contribution is 2.24. The molecule has 76 valence electrons. The Hall–Kier alpha value is -1.79. The molecule has 0 fully saturated rings. The van der Waals surface area contributed by atoms with Crippen LogP contribution in [0.1, 0.15) is 22.6 Å². The first-order valence-corrected chi connectivity index (χ1v) is 3.47. The van der Waals surface area contributed by atoms with Gasteiger partial charge in [0.15, 0.2) is 5.82 Å². The number of alkyl halides is 2. The van der Waals surface area contributed by atoms with E-state index in [2.05, 4.69) is 4.98 Å². The first-order valence-electron chi connectivity index (χ1n) is 3.47. The number of hydrogen-bond donors (Lipinski definition) is 2. The van der Waals surface area contributed by atoms with Gasteiger partial charge in [-0.2, -0.15) is 0 Å². The van der Waals surface area contributed by atoms with Gasteiger partial charge in [-0.25, -0.2) is 18.2 Å². The van der Waals surface area contributed by atoms with Crippen molar-refractivity contribution in [1.82, 2.24) is 4.98 Å². The third kappa shape index (κ3) is 1.76. The Labute approximate surface area is 76.7 Å². The van der Waals surface area contributed by atoms with Gasteiger partial charge in [-0.3, -0.25) is 4.79 Å². The van der Waals surface area contributed by atoms with Gasteiger partial charge < -0.3 is 11.5 Å². The van der Waals surface area contributed by atoms with Gasteiger partial charge in [-0.1, -0.05) is 0 Å². The van der Waals surface area contributed by atoms with E-state index in [0.717, 1.165) is 6.07 Å². The van der Waals surface area contributed by atoms with Crippen LogP contribution in [0.2, 0.25) is 0 Å². The van der Waals surface area contributed by atoms with E-state index in [1.807, 2.05) is 0 Å². The lowest BCUT2D eigenvalue weighted by Gasteiger charge is -2.05. The Balaban J connectivity index is 3.35. The lowest BCUT2D eigenvalue weighted by Crippen LogP contribution is -2.16. The van der Waals surface area contributed by atoms with Crippen molar-refractivity contribution in [3.05, 3.63) is 23.3 Å². The number of nitrogens with zero attached hydrogens (tertiary/aromatic N) is 1. The number of aromatic nitrogens is 1. The summed E-state index contributed by atoms with van der Waals surface area (Å²) in [6, 6.07) is 0.809. The molecule has 7 heteroatoms. The van der Waals surface area contributed by atoms with Crippen LogP contribution < -0.4 is 11.5 Å². The van der Waals surface area contributed by atoms with E-state index >= 15 is 0 Å². The van der Waals surface area contributed by atoms with Crippen molar-refractivity contribution in [3.8, 4) is 0 Å². The summed E-state index contributed by atoms with van der Waals surface area (Å²) in [7, 11) is 0. The Morgan fingerprint density at radius 2 is 2.07 bits per heavy atom. The minimum Gasteiger partial charge on any atom is -0.396 e. The van der Waals surface area contributed by atoms with Crippen LogP contribution in [-0.4, -0.2) is 10.9 Å². The lowest BCUT2D eigenvalue weighted by molar-refractivity contribution is 0.0993. The number of amides is 1. The Morgan fingerprint density at radius 1 is 1.50 bits per heavy atom. The average molecular weight is 205 g/mol. The molecule has 1 heterocycles. The summed E-state index contributed by atoms with van der Waals surface area (Å²) in [5.74, 6) is -2.37. The van der Waals surface area contributed by atoms with Gasteiger partial charge in [-0.15, -0.1) is 0 Å². The van der Waals surface area contributed by atoms with Crippen LogP contribution in [0.25, 0.3) is 0 Å². The van der Waals surface area contributed by atoms with Gasteiger partial charge in [0.25, 0.3) is 12.3 Å². The van der Waals surface area contributed by atoms with Crippen LogP contribution in [0.3, 0.4) is 0 Å². The molecule has 0 saturated carbocycles. The average Bonchev–Trinajstić information content (AvgIpc) is 2.08. The number of rotatable bonds is 2. The molecular formula is C7H6F3N3O. The number of anilines is 1. The topological polar surface area (TPSA) is 82.0 Å². The van der Waals surface area contributed by atoms with Crippen LogP contribution in [0.5, 0.6) is 0 Å². The van der Waals surface area contributed by atoms with Crippen LogP contribution in [0, 0.1) is 5.82 Å². The number of pyridine rings is 1. The molecule has 0 radical (unpaired) electrons. The summed E-state index contributed by atoms with van der Waals surface area (Å²) in [4.78, 5) is 13.6. The maximum atomic E-state index is 12.9. The summed E-state index contributed by atoms with van der Waals surface area (Å²) >= 11 is 0. The van der Waals surface area contributed by atoms with Crippen molar-refractivity contribution in [2.45, 2.75) is 6.43 Å². The maximum absolute atomic E-state index is 12.9. The van der Waals surface area contributed by atoms with Gasteiger partial charge in [0.2, 0.25) is 0 Å². The first kappa shape index (κ1) is 10.3. The quantitative estimate of drug-likeness (QED) is 0.750. The minimum absolute atomic E-state index is 0.487. The van der Waals surface area contributed by atoms with Gasteiger partial charge in [0.05, 0.1) is 5.69 Å². The Bertz CT molecular complexity index is 381. The maximum Gasteiger partial charge on any atom is 0.283 e. The summed E-state index contributed by atoms with van der Waals surface area (Å²) in [5.41, 5.74) is 7.58. The number of nitrogen functional groups attached to an aromatic ring is 1. The van der Waals surface area contributed by atoms with E-state index in [0.29, 0.717) is 0 Å². The van der Waals surface area contributed by atoms with E-state index < -0.39 is 35.2 Å². The molecule has 0 spiro atoms. The fourth-order valence-electron chi connectivity index (χ4n) is 0.840. The number of halogens is 3. The predicted octanol–water partition coefficient (Wildman–Crippen LogP) is 0.839. The van der Waals surface area contributed by atoms with Crippen LogP contribution in [-0.2, 0) is 0 Å². The highest BCUT2D eigenvalue weighted by atomic mass is 19.3. The molecule has 0 aliphatic heterocycles. The molecule has 0 bridgehead atoms. The fraction of sp³-hybridized carbons (Fsp3) is 0.143. The fourth-order valence-corrected chi connectivity index (χ4v) is 0.840. The zero-order chi connectivity index (χ0) is 10.9. The molecule has 14 heavy (non-hydrogen) atoms. The second-order valence-electron chi connectivity index (χ2n) is 2.46. The second kappa shape index (κ2) is 3.52. The van der Waals surface area contributed by atoms with E-state index in [1.54, 1.807) is 0 Å². The standard InChI is InChI=1S/C7H6F3N3O/c8-4-2(11)1-3(7(12)14)13-5(4)6(9)10/h1,6H,(H2,11,13)(H2,12,14). The van der Waals surface area contributed by atoms with Gasteiger partial charge in [-0.05, 0) is 6.07 Å². The molecule has 1 aromatic rings. The Morgan fingerprint density at radius 3 is 2.50 bits per heavy atom. The zero-order valence-electron chi connectivity index (χ0n) is 6.80. The lowest BCUT2D eigenvalue weighted by atomic mass is 10.2. The normalized spacial score (nSPS) is 10.6. The van der Waals surface area contributed by atoms with E-state index in [1.165, 1.54) is 0 Å². The third-order valence-electron chi connectivity index (χ3n) is 1.47. The van der Waals surface area contributed by atoms with Crippen molar-refractivity contribution in [2.24, 2.45) is 5.73 Å². The third-order valence-corrected chi connectivity index (χ3v) is 1.47. The highest BCUT2D eigenvalue weighted by Gasteiger charge is 2.20. The predicted molar refractivity (Wildman–Crippen MR) is 42.1 cm³/mol.